The fourth-order valence-corrected chi connectivity index (χ4v) is 1.75. The van der Waals surface area contributed by atoms with Gasteiger partial charge in [-0.2, -0.15) is 5.10 Å². The van der Waals surface area contributed by atoms with Crippen molar-refractivity contribution < 1.29 is 5.11 Å². The molecule has 0 unspecified atom stereocenters. The second-order valence-corrected chi connectivity index (χ2v) is 3.62. The second kappa shape index (κ2) is 3.38. The number of hydrogen-bond acceptors (Lipinski definition) is 2. The Labute approximate surface area is 92.6 Å². The smallest absolute Gasteiger partial charge is 0.141 e. The van der Waals surface area contributed by atoms with Gasteiger partial charge in [0.25, 0.3) is 0 Å². The molecule has 0 fully saturated rings. The van der Waals surface area contributed by atoms with Crippen LogP contribution in [0.3, 0.4) is 0 Å². The third-order valence-electron chi connectivity index (χ3n) is 2.54. The van der Waals surface area contributed by atoms with E-state index in [0.29, 0.717) is 5.69 Å². The maximum atomic E-state index is 9.73. The number of rotatable bonds is 1. The van der Waals surface area contributed by atoms with E-state index in [1.54, 1.807) is 16.8 Å². The molecule has 3 heteroatoms. The van der Waals surface area contributed by atoms with Gasteiger partial charge in [-0.3, -0.25) is 0 Å². The highest BCUT2D eigenvalue weighted by Gasteiger charge is 2.04. The molecule has 3 rings (SSSR count). The van der Waals surface area contributed by atoms with E-state index in [1.807, 2.05) is 42.6 Å². The van der Waals surface area contributed by atoms with Gasteiger partial charge in [-0.05, 0) is 18.2 Å². The van der Waals surface area contributed by atoms with E-state index in [4.69, 9.17) is 0 Å². The lowest BCUT2D eigenvalue weighted by Gasteiger charge is -2.02. The summed E-state index contributed by atoms with van der Waals surface area (Å²) in [4.78, 5) is 0. The van der Waals surface area contributed by atoms with Gasteiger partial charge in [0.2, 0.25) is 0 Å². The van der Waals surface area contributed by atoms with Crippen LogP contribution in [0.2, 0.25) is 0 Å². The monoisotopic (exact) mass is 210 g/mol. The molecule has 2 aromatic carbocycles. The molecule has 1 N–H and O–H groups in total. The van der Waals surface area contributed by atoms with Gasteiger partial charge < -0.3 is 5.11 Å². The normalized spacial score (nSPS) is 10.8. The molecule has 0 aliphatic carbocycles. The number of para-hydroxylation sites is 2. The van der Waals surface area contributed by atoms with Crippen LogP contribution in [0, 0.1) is 0 Å². The largest absolute Gasteiger partial charge is 0.506 e. The van der Waals surface area contributed by atoms with Crippen molar-refractivity contribution in [1.82, 2.24) is 9.78 Å². The van der Waals surface area contributed by atoms with Crippen molar-refractivity contribution in [1.29, 1.82) is 0 Å². The zero-order chi connectivity index (χ0) is 11.0. The second-order valence-electron chi connectivity index (χ2n) is 3.62. The molecule has 1 aromatic heterocycles. The Hall–Kier alpha value is -2.29. The van der Waals surface area contributed by atoms with E-state index in [9.17, 15) is 5.11 Å². The number of benzene rings is 2. The molecule has 16 heavy (non-hydrogen) atoms. The van der Waals surface area contributed by atoms with Gasteiger partial charge in [0.05, 0.1) is 5.52 Å². The minimum absolute atomic E-state index is 0.232. The Morgan fingerprint density at radius 1 is 0.938 bits per heavy atom. The molecule has 0 atom stereocenters. The van der Waals surface area contributed by atoms with Crippen LogP contribution >= 0.6 is 0 Å². The zero-order valence-electron chi connectivity index (χ0n) is 8.54. The Kier molecular flexibility index (Phi) is 1.90. The molecule has 3 aromatic rings. The van der Waals surface area contributed by atoms with Crippen LogP contribution < -0.4 is 0 Å². The lowest BCUT2D eigenvalue weighted by molar-refractivity contribution is 0.470. The van der Waals surface area contributed by atoms with Crippen molar-refractivity contribution in [3.05, 3.63) is 54.7 Å². The van der Waals surface area contributed by atoms with Gasteiger partial charge >= 0.3 is 0 Å². The minimum atomic E-state index is 0.232. The van der Waals surface area contributed by atoms with Crippen molar-refractivity contribution in [2.75, 3.05) is 0 Å². The summed E-state index contributed by atoms with van der Waals surface area (Å²) in [6, 6.07) is 15.0. The molecular weight excluding hydrogens is 200 g/mol. The lowest BCUT2D eigenvalue weighted by atomic mass is 10.2. The predicted octanol–water partition coefficient (Wildman–Crippen LogP) is 2.73. The van der Waals surface area contributed by atoms with Crippen LogP contribution in [-0.2, 0) is 0 Å². The summed E-state index contributed by atoms with van der Waals surface area (Å²) in [5, 5.41) is 15.2. The molecular formula is C13H10N2O. The van der Waals surface area contributed by atoms with Crippen LogP contribution in [0.5, 0.6) is 5.75 Å². The molecule has 0 saturated carbocycles. The number of aromatic hydroxyl groups is 1. The van der Waals surface area contributed by atoms with Crippen molar-refractivity contribution >= 4 is 10.9 Å². The first-order valence-corrected chi connectivity index (χ1v) is 5.07. The van der Waals surface area contributed by atoms with E-state index in [-0.39, 0.29) is 5.75 Å². The predicted molar refractivity (Wildman–Crippen MR) is 62.7 cm³/mol. The first-order chi connectivity index (χ1) is 7.84. The highest BCUT2D eigenvalue weighted by atomic mass is 16.3. The number of fused-ring (bicyclic) bond motifs is 1. The van der Waals surface area contributed by atoms with E-state index in [1.165, 1.54) is 0 Å². The molecule has 0 amide bonds. The van der Waals surface area contributed by atoms with Crippen LogP contribution in [0.25, 0.3) is 16.6 Å². The van der Waals surface area contributed by atoms with Crippen LogP contribution in [0.1, 0.15) is 0 Å². The Morgan fingerprint density at radius 3 is 2.50 bits per heavy atom. The Bertz CT molecular complexity index is 610. The van der Waals surface area contributed by atoms with Crippen LogP contribution in [0.15, 0.2) is 54.7 Å². The van der Waals surface area contributed by atoms with Crippen molar-refractivity contribution in [3.63, 3.8) is 0 Å². The molecule has 0 radical (unpaired) electrons. The fourth-order valence-electron chi connectivity index (χ4n) is 1.75. The summed E-state index contributed by atoms with van der Waals surface area (Å²) in [5.41, 5.74) is 1.62. The Morgan fingerprint density at radius 2 is 1.69 bits per heavy atom. The van der Waals surface area contributed by atoms with Gasteiger partial charge in [-0.15, -0.1) is 0 Å². The molecule has 0 bridgehead atoms. The summed E-state index contributed by atoms with van der Waals surface area (Å²) in [7, 11) is 0. The van der Waals surface area contributed by atoms with Crippen molar-refractivity contribution in [2.24, 2.45) is 0 Å². The average molecular weight is 210 g/mol. The number of phenolic OH excluding ortho intramolecular Hbond substituents is 1. The number of nitrogens with zero attached hydrogens (tertiary/aromatic N) is 2. The van der Waals surface area contributed by atoms with Gasteiger partial charge in [-0.1, -0.05) is 30.3 Å². The SMILES string of the molecule is Oc1ccccc1-n1cc2ccccc2n1. The van der Waals surface area contributed by atoms with Gasteiger partial charge in [-0.25, -0.2) is 4.68 Å². The first-order valence-electron chi connectivity index (χ1n) is 5.07. The molecule has 0 saturated heterocycles. The molecule has 3 nitrogen and oxygen atoms in total. The van der Waals surface area contributed by atoms with Gasteiger partial charge in [0, 0.05) is 11.6 Å². The molecule has 78 valence electrons. The standard InChI is InChI=1S/C13H10N2O/c16-13-8-4-3-7-12(13)15-9-10-5-1-2-6-11(10)14-15/h1-9,16H. The third kappa shape index (κ3) is 1.34. The fraction of sp³-hybridized carbons (Fsp3) is 0. The topological polar surface area (TPSA) is 38.0 Å². The van der Waals surface area contributed by atoms with E-state index in [0.717, 1.165) is 10.9 Å². The quantitative estimate of drug-likeness (QED) is 0.670. The first kappa shape index (κ1) is 8.97. The highest BCUT2D eigenvalue weighted by molar-refractivity contribution is 5.78. The number of phenols is 1. The lowest BCUT2D eigenvalue weighted by Crippen LogP contribution is -1.93. The van der Waals surface area contributed by atoms with Crippen molar-refractivity contribution in [3.8, 4) is 11.4 Å². The molecule has 0 aliphatic rings. The molecule has 1 heterocycles. The summed E-state index contributed by atoms with van der Waals surface area (Å²) < 4.78 is 1.69. The Balaban J connectivity index is 2.23. The van der Waals surface area contributed by atoms with E-state index >= 15 is 0 Å². The summed E-state index contributed by atoms with van der Waals surface area (Å²) >= 11 is 0. The van der Waals surface area contributed by atoms with Crippen LogP contribution in [-0.4, -0.2) is 14.9 Å². The summed E-state index contributed by atoms with van der Waals surface area (Å²) in [5.74, 6) is 0.232. The number of hydrogen-bond donors (Lipinski definition) is 1. The van der Waals surface area contributed by atoms with Crippen LogP contribution in [0.4, 0.5) is 0 Å². The highest BCUT2D eigenvalue weighted by Crippen LogP contribution is 2.22. The summed E-state index contributed by atoms with van der Waals surface area (Å²) in [6.45, 7) is 0. The molecule has 0 spiro atoms. The van der Waals surface area contributed by atoms with Gasteiger partial charge in [0.1, 0.15) is 11.4 Å². The molecule has 0 aliphatic heterocycles. The zero-order valence-corrected chi connectivity index (χ0v) is 8.54. The third-order valence-corrected chi connectivity index (χ3v) is 2.54. The average Bonchev–Trinajstić information content (AvgIpc) is 2.73. The maximum Gasteiger partial charge on any atom is 0.141 e. The number of aromatic nitrogens is 2. The van der Waals surface area contributed by atoms with Crippen molar-refractivity contribution in [2.45, 2.75) is 0 Å². The van der Waals surface area contributed by atoms with Gasteiger partial charge in [0.15, 0.2) is 0 Å². The maximum absolute atomic E-state index is 9.73. The minimum Gasteiger partial charge on any atom is -0.506 e. The van der Waals surface area contributed by atoms with E-state index < -0.39 is 0 Å². The summed E-state index contributed by atoms with van der Waals surface area (Å²) in [6.07, 6.45) is 1.91. The van der Waals surface area contributed by atoms with E-state index in [2.05, 4.69) is 5.10 Å².